The molecule has 3 saturated heterocycles. The molecule has 3 N–H and O–H groups in total. The van der Waals surface area contributed by atoms with Crippen LogP contribution in [-0.2, 0) is 9.59 Å². The maximum Gasteiger partial charge on any atom is 0.490 e. The number of nitrogens with one attached hydrogen (secondary N) is 2. The third-order valence-corrected chi connectivity index (χ3v) is 5.79. The molecule has 0 aliphatic carbocycles. The van der Waals surface area contributed by atoms with E-state index < -0.39 is 12.1 Å². The van der Waals surface area contributed by atoms with Gasteiger partial charge in [-0.2, -0.15) is 13.2 Å². The molecule has 7 nitrogen and oxygen atoms in total. The molecule has 3 aliphatic rings. The summed E-state index contributed by atoms with van der Waals surface area (Å²) in [6, 6.07) is -0.295. The molecule has 3 heterocycles. The standard InChI is InChI=1S/C13H21N3O2S.C2HF3O2/c17-11(10-8-19-12(18)15-10)16-6-3-13(4-7-16)2-1-5-14-9-13;3-2(4,5)1(6)7/h10,14H,1-9H2,(H,15,18);(H,6,7)/t10-;/m0./s1. The number of amides is 2. The summed E-state index contributed by atoms with van der Waals surface area (Å²) in [7, 11) is 0. The fourth-order valence-electron chi connectivity index (χ4n) is 3.40. The van der Waals surface area contributed by atoms with Crippen molar-refractivity contribution in [2.75, 3.05) is 31.9 Å². The first kappa shape index (κ1) is 20.8. The lowest BCUT2D eigenvalue weighted by molar-refractivity contribution is -0.192. The summed E-state index contributed by atoms with van der Waals surface area (Å²) in [5.41, 5.74) is 0.419. The molecule has 0 aromatic rings. The number of carbonyl (C=O) groups is 3. The van der Waals surface area contributed by atoms with Gasteiger partial charge in [-0.15, -0.1) is 0 Å². The molecule has 0 radical (unpaired) electrons. The highest BCUT2D eigenvalue weighted by Gasteiger charge is 2.39. The Morgan fingerprint density at radius 2 is 1.85 bits per heavy atom. The number of aliphatic carboxylic acids is 1. The number of carbonyl (C=O) groups excluding carboxylic acids is 2. The Morgan fingerprint density at radius 1 is 1.23 bits per heavy atom. The highest BCUT2D eigenvalue weighted by Crippen LogP contribution is 2.37. The summed E-state index contributed by atoms with van der Waals surface area (Å²) in [6.45, 7) is 3.93. The van der Waals surface area contributed by atoms with E-state index in [0.29, 0.717) is 11.2 Å². The molecular weight excluding hydrogens is 375 g/mol. The molecular formula is C15H22F3N3O4S. The molecule has 0 aromatic heterocycles. The Kier molecular flexibility index (Phi) is 6.78. The number of thioether (sulfide) groups is 1. The smallest absolute Gasteiger partial charge is 0.475 e. The van der Waals surface area contributed by atoms with Gasteiger partial charge in [-0.1, -0.05) is 11.8 Å². The van der Waals surface area contributed by atoms with Crippen molar-refractivity contribution in [3.63, 3.8) is 0 Å². The van der Waals surface area contributed by atoms with Crippen LogP contribution in [-0.4, -0.2) is 71.3 Å². The van der Waals surface area contributed by atoms with Gasteiger partial charge in [0.2, 0.25) is 5.91 Å². The van der Waals surface area contributed by atoms with Gasteiger partial charge in [0.05, 0.1) is 0 Å². The predicted molar refractivity (Wildman–Crippen MR) is 88.8 cm³/mol. The van der Waals surface area contributed by atoms with Crippen LogP contribution in [0.1, 0.15) is 25.7 Å². The Balaban J connectivity index is 0.000000298. The topological polar surface area (TPSA) is 98.7 Å². The third-order valence-electron chi connectivity index (χ3n) is 4.91. The SMILES string of the molecule is O=C(O)C(F)(F)F.O=C1N[C@H](C(=O)N2CCC3(CCCNC3)CC2)CS1. The summed E-state index contributed by atoms with van der Waals surface area (Å²) in [6.07, 6.45) is -0.347. The van der Waals surface area contributed by atoms with E-state index in [9.17, 15) is 22.8 Å². The first-order chi connectivity index (χ1) is 12.1. The van der Waals surface area contributed by atoms with Crippen molar-refractivity contribution < 1.29 is 32.7 Å². The first-order valence-corrected chi connectivity index (χ1v) is 9.34. The van der Waals surface area contributed by atoms with E-state index in [1.165, 1.54) is 24.6 Å². The van der Waals surface area contributed by atoms with Gasteiger partial charge in [0.15, 0.2) is 0 Å². The lowest BCUT2D eigenvalue weighted by atomic mass is 9.73. The van der Waals surface area contributed by atoms with Crippen LogP contribution in [0.15, 0.2) is 0 Å². The molecule has 148 valence electrons. The number of likely N-dealkylation sites (tertiary alicyclic amines) is 1. The van der Waals surface area contributed by atoms with Gasteiger partial charge in [-0.25, -0.2) is 4.79 Å². The van der Waals surface area contributed by atoms with E-state index in [-0.39, 0.29) is 17.2 Å². The fraction of sp³-hybridized carbons (Fsp3) is 0.800. The van der Waals surface area contributed by atoms with Crippen molar-refractivity contribution in [2.45, 2.75) is 37.9 Å². The second kappa shape index (κ2) is 8.47. The van der Waals surface area contributed by atoms with Crippen LogP contribution in [0.3, 0.4) is 0 Å². The normalized spacial score (nSPS) is 25.3. The minimum Gasteiger partial charge on any atom is -0.475 e. The summed E-state index contributed by atoms with van der Waals surface area (Å²) in [5.74, 6) is -2.06. The van der Waals surface area contributed by atoms with Crippen LogP contribution < -0.4 is 10.6 Å². The average molecular weight is 397 g/mol. The Hall–Kier alpha value is -1.49. The summed E-state index contributed by atoms with van der Waals surface area (Å²) in [4.78, 5) is 34.3. The fourth-order valence-corrected chi connectivity index (χ4v) is 4.17. The molecule has 0 bridgehead atoms. The molecule has 0 unspecified atom stereocenters. The Bertz CT molecular complexity index is 543. The number of alkyl halides is 3. The van der Waals surface area contributed by atoms with Gasteiger partial charge in [0.25, 0.3) is 5.24 Å². The van der Waals surface area contributed by atoms with Crippen molar-refractivity contribution >= 4 is 28.9 Å². The summed E-state index contributed by atoms with van der Waals surface area (Å²) >= 11 is 1.21. The molecule has 3 rings (SSSR count). The van der Waals surface area contributed by atoms with Gasteiger partial charge in [-0.3, -0.25) is 9.59 Å². The molecule has 3 aliphatic heterocycles. The van der Waals surface area contributed by atoms with Crippen LogP contribution >= 0.6 is 11.8 Å². The number of carboxylic acid groups (broad SMARTS) is 1. The quantitative estimate of drug-likeness (QED) is 0.619. The lowest BCUT2D eigenvalue weighted by Gasteiger charge is -2.44. The van der Waals surface area contributed by atoms with Gasteiger partial charge in [0, 0.05) is 25.4 Å². The molecule has 11 heteroatoms. The van der Waals surface area contributed by atoms with E-state index in [0.717, 1.165) is 39.0 Å². The zero-order valence-electron chi connectivity index (χ0n) is 14.1. The Morgan fingerprint density at radius 3 is 2.27 bits per heavy atom. The molecule has 1 spiro atoms. The maximum atomic E-state index is 12.3. The van der Waals surface area contributed by atoms with Crippen molar-refractivity contribution in [1.82, 2.24) is 15.5 Å². The van der Waals surface area contributed by atoms with Gasteiger partial charge < -0.3 is 20.6 Å². The highest BCUT2D eigenvalue weighted by molar-refractivity contribution is 8.14. The number of carboxylic acids is 1. The van der Waals surface area contributed by atoms with E-state index in [1.807, 2.05) is 4.90 Å². The summed E-state index contributed by atoms with van der Waals surface area (Å²) < 4.78 is 31.7. The zero-order chi connectivity index (χ0) is 19.4. The van der Waals surface area contributed by atoms with Crippen LogP contribution in [0.25, 0.3) is 0 Å². The van der Waals surface area contributed by atoms with Crippen molar-refractivity contribution in [1.29, 1.82) is 0 Å². The highest BCUT2D eigenvalue weighted by atomic mass is 32.2. The van der Waals surface area contributed by atoms with Crippen LogP contribution in [0.4, 0.5) is 18.0 Å². The van der Waals surface area contributed by atoms with Gasteiger partial charge in [0.1, 0.15) is 6.04 Å². The molecule has 1 atom stereocenters. The maximum absolute atomic E-state index is 12.3. The number of hydrogen-bond acceptors (Lipinski definition) is 5. The third kappa shape index (κ3) is 5.50. The molecule has 2 amide bonds. The lowest BCUT2D eigenvalue weighted by Crippen LogP contribution is -2.53. The number of halogens is 3. The monoisotopic (exact) mass is 397 g/mol. The molecule has 26 heavy (non-hydrogen) atoms. The number of hydrogen-bond donors (Lipinski definition) is 3. The molecule has 3 fully saturated rings. The number of rotatable bonds is 1. The van der Waals surface area contributed by atoms with Crippen molar-refractivity contribution in [3.8, 4) is 0 Å². The van der Waals surface area contributed by atoms with E-state index in [1.54, 1.807) is 0 Å². The minimum atomic E-state index is -5.08. The molecule has 0 aromatic carbocycles. The largest absolute Gasteiger partial charge is 0.490 e. The van der Waals surface area contributed by atoms with Crippen LogP contribution in [0, 0.1) is 5.41 Å². The average Bonchev–Trinajstić information content (AvgIpc) is 3.02. The molecule has 0 saturated carbocycles. The zero-order valence-corrected chi connectivity index (χ0v) is 14.9. The van der Waals surface area contributed by atoms with Gasteiger partial charge >= 0.3 is 12.1 Å². The van der Waals surface area contributed by atoms with Crippen LogP contribution in [0.5, 0.6) is 0 Å². The minimum absolute atomic E-state index is 0.0664. The predicted octanol–water partition coefficient (Wildman–Crippen LogP) is 1.44. The summed E-state index contributed by atoms with van der Waals surface area (Å²) in [5, 5.41) is 13.3. The second-order valence-corrected chi connectivity index (χ2v) is 7.70. The first-order valence-electron chi connectivity index (χ1n) is 8.36. The van der Waals surface area contributed by atoms with Crippen molar-refractivity contribution in [2.24, 2.45) is 5.41 Å². The van der Waals surface area contributed by atoms with Crippen LogP contribution in [0.2, 0.25) is 0 Å². The number of nitrogens with zero attached hydrogens (tertiary/aromatic N) is 1. The van der Waals surface area contributed by atoms with E-state index in [2.05, 4.69) is 10.6 Å². The van der Waals surface area contributed by atoms with E-state index in [4.69, 9.17) is 9.90 Å². The van der Waals surface area contributed by atoms with Crippen molar-refractivity contribution in [3.05, 3.63) is 0 Å². The number of piperidine rings is 2. The second-order valence-electron chi connectivity index (χ2n) is 6.70. The van der Waals surface area contributed by atoms with Gasteiger partial charge in [-0.05, 0) is 37.6 Å². The van der Waals surface area contributed by atoms with E-state index >= 15 is 0 Å². The Labute approximate surface area is 153 Å².